The van der Waals surface area contributed by atoms with Gasteiger partial charge in [0.15, 0.2) is 0 Å². The van der Waals surface area contributed by atoms with Crippen molar-refractivity contribution in [2.45, 2.75) is 26.0 Å². The lowest BCUT2D eigenvalue weighted by molar-refractivity contribution is 0.0696. The molecule has 0 aromatic heterocycles. The van der Waals surface area contributed by atoms with Gasteiger partial charge in [-0.05, 0) is 60.0 Å². The van der Waals surface area contributed by atoms with E-state index >= 15 is 0 Å². The maximum absolute atomic E-state index is 11.7. The van der Waals surface area contributed by atoms with Crippen molar-refractivity contribution >= 4 is 40.5 Å². The average Bonchev–Trinajstić information content (AvgIpc) is 2.86. The zero-order valence-electron chi connectivity index (χ0n) is 19.8. The second-order valence-electron chi connectivity index (χ2n) is 8.77. The molecule has 0 saturated heterocycles. The van der Waals surface area contributed by atoms with Gasteiger partial charge in [-0.1, -0.05) is 60.7 Å². The molecule has 1 aliphatic rings. The van der Waals surface area contributed by atoms with Gasteiger partial charge >= 0.3 is 5.97 Å². The van der Waals surface area contributed by atoms with Crippen LogP contribution >= 0.6 is 12.4 Å². The number of ether oxygens (including phenoxy) is 1. The predicted octanol–water partition coefficient (Wildman–Crippen LogP) is 6.52. The van der Waals surface area contributed by atoms with Crippen molar-refractivity contribution in [3.8, 4) is 5.75 Å². The van der Waals surface area contributed by atoms with Gasteiger partial charge in [0.05, 0.1) is 17.8 Å². The quantitative estimate of drug-likeness (QED) is 0.323. The SMILES string of the molecule is Cc1c(C(=O)O)cccc1N1CC(CN[C@H](C)c2cccc3ccccc23)Oc2ccccc21.Cl. The third-order valence-corrected chi connectivity index (χ3v) is 6.60. The summed E-state index contributed by atoms with van der Waals surface area (Å²) in [6, 6.07) is 28.4. The van der Waals surface area contributed by atoms with Crippen LogP contribution in [0.2, 0.25) is 0 Å². The number of fused-ring (bicyclic) bond motifs is 2. The number of nitrogens with zero attached hydrogens (tertiary/aromatic N) is 1. The van der Waals surface area contributed by atoms with E-state index in [-0.39, 0.29) is 24.6 Å². The number of carboxylic acid groups (broad SMARTS) is 1. The van der Waals surface area contributed by atoms with Gasteiger partial charge in [-0.2, -0.15) is 0 Å². The van der Waals surface area contributed by atoms with Crippen molar-refractivity contribution in [1.29, 1.82) is 0 Å². The van der Waals surface area contributed by atoms with E-state index < -0.39 is 5.97 Å². The summed E-state index contributed by atoms with van der Waals surface area (Å²) >= 11 is 0. The number of halogens is 1. The number of carboxylic acids is 1. The first-order chi connectivity index (χ1) is 16.5. The van der Waals surface area contributed by atoms with Crippen LogP contribution in [0.4, 0.5) is 11.4 Å². The maximum atomic E-state index is 11.7. The van der Waals surface area contributed by atoms with Crippen molar-refractivity contribution in [2.75, 3.05) is 18.0 Å². The van der Waals surface area contributed by atoms with Crippen LogP contribution in [0.15, 0.2) is 84.9 Å². The number of rotatable bonds is 6. The minimum absolute atomic E-state index is 0. The number of carbonyl (C=O) groups is 1. The van der Waals surface area contributed by atoms with Crippen molar-refractivity contribution < 1.29 is 14.6 Å². The highest BCUT2D eigenvalue weighted by Gasteiger charge is 2.28. The molecule has 5 nitrogen and oxygen atoms in total. The number of anilines is 2. The van der Waals surface area contributed by atoms with E-state index in [1.54, 1.807) is 12.1 Å². The number of nitrogens with one attached hydrogen (secondary N) is 1. The Morgan fingerprint density at radius 3 is 2.51 bits per heavy atom. The lowest BCUT2D eigenvalue weighted by Gasteiger charge is -2.37. The summed E-state index contributed by atoms with van der Waals surface area (Å²) in [7, 11) is 0. The van der Waals surface area contributed by atoms with E-state index in [1.807, 2.05) is 37.3 Å². The van der Waals surface area contributed by atoms with E-state index in [0.717, 1.165) is 22.7 Å². The first-order valence-electron chi connectivity index (χ1n) is 11.6. The van der Waals surface area contributed by atoms with Gasteiger partial charge in [0.1, 0.15) is 11.9 Å². The van der Waals surface area contributed by atoms with Crippen molar-refractivity contribution in [1.82, 2.24) is 5.32 Å². The van der Waals surface area contributed by atoms with Crippen LogP contribution in [0, 0.1) is 6.92 Å². The molecule has 0 amide bonds. The molecule has 4 aromatic carbocycles. The Kier molecular flexibility index (Phi) is 7.29. The second kappa shape index (κ2) is 10.4. The summed E-state index contributed by atoms with van der Waals surface area (Å²) in [4.78, 5) is 13.9. The van der Waals surface area contributed by atoms with Crippen LogP contribution in [-0.2, 0) is 0 Å². The summed E-state index contributed by atoms with van der Waals surface area (Å²) in [6.45, 7) is 5.33. The molecule has 4 aromatic rings. The largest absolute Gasteiger partial charge is 0.485 e. The molecular formula is C29H29ClN2O3. The van der Waals surface area contributed by atoms with E-state index in [1.165, 1.54) is 16.3 Å². The molecule has 0 fully saturated rings. The second-order valence-corrected chi connectivity index (χ2v) is 8.77. The first kappa shape index (κ1) is 24.6. The smallest absolute Gasteiger partial charge is 0.336 e. The third kappa shape index (κ3) is 4.83. The van der Waals surface area contributed by atoms with Crippen LogP contribution < -0.4 is 15.0 Å². The highest BCUT2D eigenvalue weighted by Crippen LogP contribution is 2.39. The van der Waals surface area contributed by atoms with Crippen LogP contribution in [0.25, 0.3) is 10.8 Å². The van der Waals surface area contributed by atoms with Crippen LogP contribution in [0.1, 0.15) is 34.5 Å². The molecule has 1 aliphatic heterocycles. The Morgan fingerprint density at radius 2 is 1.69 bits per heavy atom. The topological polar surface area (TPSA) is 61.8 Å². The monoisotopic (exact) mass is 488 g/mol. The molecule has 0 saturated carbocycles. The van der Waals surface area contributed by atoms with Crippen molar-refractivity contribution in [3.63, 3.8) is 0 Å². The molecule has 0 aliphatic carbocycles. The van der Waals surface area contributed by atoms with Gasteiger partial charge in [0.2, 0.25) is 0 Å². The molecule has 1 heterocycles. The lowest BCUT2D eigenvalue weighted by atomic mass is 9.99. The summed E-state index contributed by atoms with van der Waals surface area (Å²) in [5.41, 5.74) is 4.17. The molecule has 1 unspecified atom stereocenters. The highest BCUT2D eigenvalue weighted by molar-refractivity contribution is 5.92. The van der Waals surface area contributed by atoms with Gasteiger partial charge in [-0.15, -0.1) is 12.4 Å². The summed E-state index contributed by atoms with van der Waals surface area (Å²) < 4.78 is 6.35. The molecular weight excluding hydrogens is 460 g/mol. The van der Waals surface area contributed by atoms with Gasteiger partial charge in [-0.3, -0.25) is 0 Å². The average molecular weight is 489 g/mol. The zero-order chi connectivity index (χ0) is 23.7. The Balaban J connectivity index is 0.00000289. The standard InChI is InChI=1S/C29H28N2O3.ClH/c1-19-23(29(32)33)12-8-15-26(19)31-18-22(34-28-16-6-5-14-27(28)31)17-30-20(2)24-13-7-10-21-9-3-4-11-25(21)24;/h3-16,20,22,30H,17-18H2,1-2H3,(H,32,33);1H/t20-,22?;/m1./s1. The fourth-order valence-corrected chi connectivity index (χ4v) is 4.83. The van der Waals surface area contributed by atoms with E-state index in [2.05, 4.69) is 59.6 Å². The Bertz CT molecular complexity index is 1350. The fraction of sp³-hybridized carbons (Fsp3) is 0.207. The van der Waals surface area contributed by atoms with Gasteiger partial charge in [0.25, 0.3) is 0 Å². The molecule has 2 N–H and O–H groups in total. The Labute approximate surface area is 211 Å². The van der Waals surface area contributed by atoms with E-state index in [4.69, 9.17) is 4.74 Å². The number of para-hydroxylation sites is 2. The van der Waals surface area contributed by atoms with Crippen molar-refractivity contribution in [2.24, 2.45) is 0 Å². The number of aromatic carboxylic acids is 1. The zero-order valence-corrected chi connectivity index (χ0v) is 20.6. The number of benzene rings is 4. The minimum atomic E-state index is -0.914. The number of hydrogen-bond donors (Lipinski definition) is 2. The van der Waals surface area contributed by atoms with Crippen LogP contribution in [0.5, 0.6) is 5.75 Å². The molecule has 6 heteroatoms. The van der Waals surface area contributed by atoms with Crippen LogP contribution in [-0.4, -0.2) is 30.3 Å². The normalized spacial score (nSPS) is 15.6. The summed E-state index contributed by atoms with van der Waals surface area (Å²) in [6.07, 6.45) is -0.0970. The minimum Gasteiger partial charge on any atom is -0.485 e. The molecule has 0 bridgehead atoms. The first-order valence-corrected chi connectivity index (χ1v) is 11.6. The molecule has 0 radical (unpaired) electrons. The number of hydrogen-bond acceptors (Lipinski definition) is 4. The molecule has 2 atom stereocenters. The molecule has 35 heavy (non-hydrogen) atoms. The summed E-state index contributed by atoms with van der Waals surface area (Å²) in [5, 5.41) is 15.8. The van der Waals surface area contributed by atoms with Gasteiger partial charge in [0, 0.05) is 18.3 Å². The predicted molar refractivity (Wildman–Crippen MR) is 144 cm³/mol. The third-order valence-electron chi connectivity index (χ3n) is 6.60. The van der Waals surface area contributed by atoms with Crippen molar-refractivity contribution in [3.05, 3.63) is 102 Å². The molecule has 5 rings (SSSR count). The Hall–Kier alpha value is -3.54. The maximum Gasteiger partial charge on any atom is 0.336 e. The fourth-order valence-electron chi connectivity index (χ4n) is 4.83. The van der Waals surface area contributed by atoms with E-state index in [9.17, 15) is 9.90 Å². The molecule has 180 valence electrons. The van der Waals surface area contributed by atoms with Gasteiger partial charge in [-0.25, -0.2) is 4.79 Å². The van der Waals surface area contributed by atoms with Crippen LogP contribution in [0.3, 0.4) is 0 Å². The van der Waals surface area contributed by atoms with E-state index in [0.29, 0.717) is 18.7 Å². The summed E-state index contributed by atoms with van der Waals surface area (Å²) in [5.74, 6) is -0.110. The Morgan fingerprint density at radius 1 is 1.00 bits per heavy atom. The lowest BCUT2D eigenvalue weighted by Crippen LogP contribution is -2.44. The highest BCUT2D eigenvalue weighted by atomic mass is 35.5. The molecule has 0 spiro atoms. The van der Waals surface area contributed by atoms with Gasteiger partial charge < -0.3 is 20.1 Å².